The average Bonchev–Trinajstić information content (AvgIpc) is 3.16. The number of nitrogens with one attached hydrogen (secondary N) is 1. The first-order valence-electron chi connectivity index (χ1n) is 8.03. The van der Waals surface area contributed by atoms with Crippen molar-refractivity contribution in [2.75, 3.05) is 13.7 Å². The van der Waals surface area contributed by atoms with E-state index in [0.717, 1.165) is 47.9 Å². The normalized spacial score (nSPS) is 22.7. The molecule has 116 valence electrons. The van der Waals surface area contributed by atoms with Gasteiger partial charge < -0.3 is 14.8 Å². The molecule has 21 heavy (non-hydrogen) atoms. The second kappa shape index (κ2) is 6.89. The molecule has 0 spiro atoms. The number of benzene rings is 1. The summed E-state index contributed by atoms with van der Waals surface area (Å²) in [6.07, 6.45) is 8.46. The van der Waals surface area contributed by atoms with Crippen molar-refractivity contribution in [3.05, 3.63) is 22.7 Å². The molecule has 1 aliphatic carbocycles. The molecule has 0 radical (unpaired) electrons. The van der Waals surface area contributed by atoms with E-state index in [1.807, 2.05) is 12.1 Å². The van der Waals surface area contributed by atoms with E-state index in [2.05, 4.69) is 5.32 Å². The Labute approximate surface area is 132 Å². The molecule has 2 aliphatic rings. The van der Waals surface area contributed by atoms with E-state index in [1.165, 1.54) is 25.7 Å². The minimum Gasteiger partial charge on any atom is -0.493 e. The predicted octanol–water partition coefficient (Wildman–Crippen LogP) is 3.96. The highest BCUT2D eigenvalue weighted by atomic mass is 35.5. The van der Waals surface area contributed by atoms with Gasteiger partial charge in [-0.1, -0.05) is 11.6 Å². The van der Waals surface area contributed by atoms with Crippen LogP contribution in [0, 0.1) is 0 Å². The van der Waals surface area contributed by atoms with Crippen molar-refractivity contribution >= 4 is 11.6 Å². The zero-order chi connectivity index (χ0) is 14.7. The van der Waals surface area contributed by atoms with Gasteiger partial charge in [-0.2, -0.15) is 0 Å². The van der Waals surface area contributed by atoms with Crippen molar-refractivity contribution < 1.29 is 9.47 Å². The number of ether oxygens (including phenoxy) is 2. The molecule has 2 fully saturated rings. The van der Waals surface area contributed by atoms with Crippen molar-refractivity contribution in [3.63, 3.8) is 0 Å². The minimum atomic E-state index is 0.313. The van der Waals surface area contributed by atoms with Gasteiger partial charge >= 0.3 is 0 Å². The topological polar surface area (TPSA) is 30.5 Å². The van der Waals surface area contributed by atoms with E-state index in [4.69, 9.17) is 21.1 Å². The van der Waals surface area contributed by atoms with Gasteiger partial charge in [0.2, 0.25) is 0 Å². The van der Waals surface area contributed by atoms with E-state index in [-0.39, 0.29) is 0 Å². The summed E-state index contributed by atoms with van der Waals surface area (Å²) in [5.74, 6) is 1.67. The average molecular weight is 310 g/mol. The summed E-state index contributed by atoms with van der Waals surface area (Å²) in [5, 5.41) is 4.32. The monoisotopic (exact) mass is 309 g/mol. The fraction of sp³-hybridized carbons (Fsp3) is 0.647. The maximum absolute atomic E-state index is 6.46. The van der Waals surface area contributed by atoms with E-state index in [1.54, 1.807) is 7.11 Å². The van der Waals surface area contributed by atoms with E-state index >= 15 is 0 Å². The van der Waals surface area contributed by atoms with Gasteiger partial charge in [-0.05, 0) is 63.6 Å². The van der Waals surface area contributed by atoms with Gasteiger partial charge in [0.25, 0.3) is 0 Å². The number of methoxy groups -OCH3 is 1. The summed E-state index contributed by atoms with van der Waals surface area (Å²) in [4.78, 5) is 0. The summed E-state index contributed by atoms with van der Waals surface area (Å²) in [6.45, 7) is 1.10. The van der Waals surface area contributed by atoms with Gasteiger partial charge in [0.1, 0.15) is 0 Å². The molecule has 1 aromatic carbocycles. The Balaban J connectivity index is 1.86. The highest BCUT2D eigenvalue weighted by Gasteiger charge is 2.24. The van der Waals surface area contributed by atoms with Crippen molar-refractivity contribution in [3.8, 4) is 11.5 Å². The second-order valence-corrected chi connectivity index (χ2v) is 6.49. The molecule has 0 amide bonds. The molecule has 1 N–H and O–H groups in total. The minimum absolute atomic E-state index is 0.313. The van der Waals surface area contributed by atoms with Gasteiger partial charge in [0.15, 0.2) is 11.5 Å². The van der Waals surface area contributed by atoms with Gasteiger partial charge in [-0.15, -0.1) is 0 Å². The zero-order valence-electron chi connectivity index (χ0n) is 12.7. The van der Waals surface area contributed by atoms with Crippen LogP contribution in [0.3, 0.4) is 0 Å². The first-order valence-corrected chi connectivity index (χ1v) is 8.41. The number of rotatable bonds is 5. The number of hydrogen-bond acceptors (Lipinski definition) is 3. The molecule has 1 aliphatic heterocycles. The molecule has 1 saturated carbocycles. The fourth-order valence-corrected chi connectivity index (χ4v) is 3.64. The molecule has 3 rings (SSSR count). The third-order valence-corrected chi connectivity index (χ3v) is 4.94. The quantitative estimate of drug-likeness (QED) is 0.893. The van der Waals surface area contributed by atoms with Crippen molar-refractivity contribution in [1.82, 2.24) is 5.32 Å². The lowest BCUT2D eigenvalue weighted by Crippen LogP contribution is -2.24. The Morgan fingerprint density at radius 2 is 2.00 bits per heavy atom. The Morgan fingerprint density at radius 3 is 2.67 bits per heavy atom. The molecule has 1 saturated heterocycles. The highest BCUT2D eigenvalue weighted by molar-refractivity contribution is 6.31. The molecule has 0 bridgehead atoms. The fourth-order valence-electron chi connectivity index (χ4n) is 3.41. The number of hydrogen-bond donors (Lipinski definition) is 1. The van der Waals surface area contributed by atoms with E-state index in [9.17, 15) is 0 Å². The first-order chi connectivity index (χ1) is 10.3. The van der Waals surface area contributed by atoms with Crippen LogP contribution >= 0.6 is 11.6 Å². The molecule has 1 atom stereocenters. The molecule has 1 unspecified atom stereocenters. The summed E-state index contributed by atoms with van der Waals surface area (Å²) >= 11 is 6.46. The van der Waals surface area contributed by atoms with Gasteiger partial charge in [-0.25, -0.2) is 0 Å². The Kier molecular flexibility index (Phi) is 4.91. The first kappa shape index (κ1) is 15.0. The summed E-state index contributed by atoms with van der Waals surface area (Å²) in [7, 11) is 1.70. The molecule has 3 nitrogen and oxygen atoms in total. The third-order valence-electron chi connectivity index (χ3n) is 4.59. The molecule has 0 aromatic heterocycles. The largest absolute Gasteiger partial charge is 0.493 e. The van der Waals surface area contributed by atoms with Crippen LogP contribution in [0.4, 0.5) is 0 Å². The summed E-state index contributed by atoms with van der Waals surface area (Å²) < 4.78 is 11.8. The van der Waals surface area contributed by atoms with Crippen LogP contribution in [0.15, 0.2) is 12.1 Å². The lowest BCUT2D eigenvalue weighted by Gasteiger charge is -2.21. The molecule has 1 heterocycles. The predicted molar refractivity (Wildman–Crippen MR) is 85.6 cm³/mol. The summed E-state index contributed by atoms with van der Waals surface area (Å²) in [5.41, 5.74) is 1.10. The molecular formula is C17H24ClNO2. The SMILES string of the molecule is COc1ccc(Cl)c(CC2CCCN2)c1OC1CCCC1. The third kappa shape index (κ3) is 3.46. The standard InChI is InChI=1S/C17H24ClNO2/c1-20-16-9-8-15(18)14(11-12-5-4-10-19-12)17(16)21-13-6-2-3-7-13/h8-9,12-13,19H,2-7,10-11H2,1H3. The van der Waals surface area contributed by atoms with Crippen molar-refractivity contribution in [2.24, 2.45) is 0 Å². The maximum Gasteiger partial charge on any atom is 0.166 e. The van der Waals surface area contributed by atoms with Gasteiger partial charge in [0.05, 0.1) is 13.2 Å². The summed E-state index contributed by atoms with van der Waals surface area (Å²) in [6, 6.07) is 4.34. The lowest BCUT2D eigenvalue weighted by atomic mass is 10.0. The van der Waals surface area contributed by atoms with Crippen molar-refractivity contribution in [2.45, 2.75) is 57.1 Å². The van der Waals surface area contributed by atoms with Crippen LogP contribution in [0.25, 0.3) is 0 Å². The van der Waals surface area contributed by atoms with Crippen LogP contribution in [-0.2, 0) is 6.42 Å². The molecule has 1 aromatic rings. The van der Waals surface area contributed by atoms with Gasteiger partial charge in [-0.3, -0.25) is 0 Å². The van der Waals surface area contributed by atoms with E-state index < -0.39 is 0 Å². The van der Waals surface area contributed by atoms with Crippen LogP contribution in [0.5, 0.6) is 11.5 Å². The van der Waals surface area contributed by atoms with Crippen molar-refractivity contribution in [1.29, 1.82) is 0 Å². The Morgan fingerprint density at radius 1 is 1.19 bits per heavy atom. The van der Waals surface area contributed by atoms with E-state index in [0.29, 0.717) is 12.1 Å². The van der Waals surface area contributed by atoms with Crippen LogP contribution < -0.4 is 14.8 Å². The van der Waals surface area contributed by atoms with Crippen LogP contribution in [0.1, 0.15) is 44.1 Å². The van der Waals surface area contributed by atoms with Gasteiger partial charge in [0, 0.05) is 16.6 Å². The smallest absolute Gasteiger partial charge is 0.166 e. The zero-order valence-corrected chi connectivity index (χ0v) is 13.4. The number of halogens is 1. The maximum atomic E-state index is 6.46. The Bertz CT molecular complexity index is 480. The molecule has 4 heteroatoms. The Hall–Kier alpha value is -0.930. The van der Waals surface area contributed by atoms with Crippen LogP contribution in [0.2, 0.25) is 5.02 Å². The second-order valence-electron chi connectivity index (χ2n) is 6.08. The molecular weight excluding hydrogens is 286 g/mol. The highest BCUT2D eigenvalue weighted by Crippen LogP contribution is 2.39. The van der Waals surface area contributed by atoms with Crippen LogP contribution in [-0.4, -0.2) is 25.8 Å². The lowest BCUT2D eigenvalue weighted by molar-refractivity contribution is 0.198.